The fourth-order valence-corrected chi connectivity index (χ4v) is 5.60. The van der Waals surface area contributed by atoms with Gasteiger partial charge in [0.2, 0.25) is 0 Å². The van der Waals surface area contributed by atoms with Crippen molar-refractivity contribution in [3.05, 3.63) is 82.7 Å². The molecule has 1 heterocycles. The molecule has 0 fully saturated rings. The van der Waals surface area contributed by atoms with Crippen LogP contribution in [0.1, 0.15) is 22.8 Å². The van der Waals surface area contributed by atoms with Gasteiger partial charge in [-0.05, 0) is 56.3 Å². The summed E-state index contributed by atoms with van der Waals surface area (Å²) in [6, 6.07) is 18.6. The Bertz CT molecular complexity index is 1500. The van der Waals surface area contributed by atoms with Gasteiger partial charge in [-0.2, -0.15) is 4.99 Å². The number of fused-ring (bicyclic) bond motifs is 1. The first-order valence-electron chi connectivity index (χ1n) is 10.3. The molecule has 1 aromatic heterocycles. The van der Waals surface area contributed by atoms with Crippen molar-refractivity contribution in [2.75, 3.05) is 11.8 Å². The highest BCUT2D eigenvalue weighted by Crippen LogP contribution is 2.27. The van der Waals surface area contributed by atoms with Gasteiger partial charge >= 0.3 is 0 Å². The van der Waals surface area contributed by atoms with Crippen LogP contribution in [0, 0.1) is 6.92 Å². The molecule has 0 saturated heterocycles. The summed E-state index contributed by atoms with van der Waals surface area (Å²) in [5.74, 6) is 0.256. The van der Waals surface area contributed by atoms with Gasteiger partial charge in [0.1, 0.15) is 11.3 Å². The van der Waals surface area contributed by atoms with Gasteiger partial charge in [0.15, 0.2) is 4.80 Å². The number of aromatic nitrogens is 1. The van der Waals surface area contributed by atoms with E-state index >= 15 is 0 Å². The first-order valence-corrected chi connectivity index (χ1v) is 12.6. The lowest BCUT2D eigenvalue weighted by Gasteiger charge is -2.09. The Labute approximate surface area is 196 Å². The van der Waals surface area contributed by atoms with E-state index in [9.17, 15) is 13.2 Å². The normalized spacial score (nSPS) is 12.2. The number of nitrogens with zero attached hydrogens (tertiary/aromatic N) is 2. The third kappa shape index (κ3) is 4.69. The van der Waals surface area contributed by atoms with E-state index in [1.54, 1.807) is 49.6 Å². The quantitative estimate of drug-likeness (QED) is 0.436. The zero-order valence-corrected chi connectivity index (χ0v) is 20.0. The highest BCUT2D eigenvalue weighted by atomic mass is 32.2. The Hall–Kier alpha value is -3.43. The second-order valence-electron chi connectivity index (χ2n) is 7.35. The number of aryl methyl sites for hydroxylation is 2. The first-order chi connectivity index (χ1) is 15.8. The predicted octanol–water partition coefficient (Wildman–Crippen LogP) is 4.58. The molecule has 0 atom stereocenters. The summed E-state index contributed by atoms with van der Waals surface area (Å²) in [5, 5.41) is 0. The van der Waals surface area contributed by atoms with Gasteiger partial charge in [0.05, 0.1) is 16.7 Å². The smallest absolute Gasteiger partial charge is 0.279 e. The maximum absolute atomic E-state index is 13.0. The van der Waals surface area contributed by atoms with Crippen molar-refractivity contribution < 1.29 is 17.9 Å². The van der Waals surface area contributed by atoms with Crippen LogP contribution in [-0.4, -0.2) is 26.0 Å². The molecular formula is C24H23N3O4S2. The molecular weight excluding hydrogens is 458 g/mol. The largest absolute Gasteiger partial charge is 0.495 e. The van der Waals surface area contributed by atoms with Crippen LogP contribution in [0.3, 0.4) is 0 Å². The second-order valence-corrected chi connectivity index (χ2v) is 10.0. The Morgan fingerprint density at radius 3 is 2.52 bits per heavy atom. The number of benzene rings is 3. The van der Waals surface area contributed by atoms with E-state index in [2.05, 4.69) is 9.71 Å². The van der Waals surface area contributed by atoms with Crippen molar-refractivity contribution in [1.82, 2.24) is 4.57 Å². The van der Waals surface area contributed by atoms with Crippen LogP contribution in [0.25, 0.3) is 10.2 Å². The molecule has 4 aromatic rings. The molecule has 0 spiro atoms. The number of carbonyl (C=O) groups is 1. The highest BCUT2D eigenvalue weighted by molar-refractivity contribution is 7.92. The minimum absolute atomic E-state index is 0.151. The minimum Gasteiger partial charge on any atom is -0.495 e. The van der Waals surface area contributed by atoms with Gasteiger partial charge in [-0.15, -0.1) is 0 Å². The number of nitrogens with one attached hydrogen (secondary N) is 1. The maximum atomic E-state index is 13.0. The number of rotatable bonds is 6. The van der Waals surface area contributed by atoms with E-state index in [0.29, 0.717) is 17.1 Å². The minimum atomic E-state index is -3.78. The molecule has 4 rings (SSSR count). The Kier molecular flexibility index (Phi) is 6.35. The fourth-order valence-electron chi connectivity index (χ4n) is 3.44. The number of para-hydroxylation sites is 1. The fraction of sp³-hybridized carbons (Fsp3) is 0.167. The summed E-state index contributed by atoms with van der Waals surface area (Å²) in [5.41, 5.74) is 2.43. The summed E-state index contributed by atoms with van der Waals surface area (Å²) in [6.45, 7) is 4.47. The zero-order valence-electron chi connectivity index (χ0n) is 18.4. The van der Waals surface area contributed by atoms with E-state index in [0.717, 1.165) is 15.8 Å². The Balaban J connectivity index is 1.68. The maximum Gasteiger partial charge on any atom is 0.279 e. The van der Waals surface area contributed by atoms with Gasteiger partial charge in [0.25, 0.3) is 15.9 Å². The number of sulfonamides is 1. The van der Waals surface area contributed by atoms with Crippen LogP contribution >= 0.6 is 11.3 Å². The lowest BCUT2D eigenvalue weighted by atomic mass is 10.2. The van der Waals surface area contributed by atoms with Gasteiger partial charge in [-0.1, -0.05) is 41.2 Å². The van der Waals surface area contributed by atoms with Gasteiger partial charge in [0, 0.05) is 17.8 Å². The van der Waals surface area contributed by atoms with E-state index in [-0.39, 0.29) is 16.1 Å². The molecule has 9 heteroatoms. The van der Waals surface area contributed by atoms with Crippen molar-refractivity contribution in [1.29, 1.82) is 0 Å². The number of thiazole rings is 1. The topological polar surface area (TPSA) is 89.8 Å². The van der Waals surface area contributed by atoms with Crippen molar-refractivity contribution in [2.45, 2.75) is 25.3 Å². The van der Waals surface area contributed by atoms with E-state index in [1.807, 2.05) is 36.6 Å². The number of hydrogen-bond acceptors (Lipinski definition) is 5. The average Bonchev–Trinajstić information content (AvgIpc) is 3.16. The predicted molar refractivity (Wildman–Crippen MR) is 130 cm³/mol. The number of anilines is 1. The number of carbonyl (C=O) groups excluding carboxylic acids is 1. The van der Waals surface area contributed by atoms with Gasteiger partial charge in [-0.3, -0.25) is 9.52 Å². The molecule has 0 aliphatic heterocycles. The molecule has 0 unspecified atom stereocenters. The summed E-state index contributed by atoms with van der Waals surface area (Å²) < 4.78 is 36.3. The van der Waals surface area contributed by atoms with Crippen molar-refractivity contribution in [3.8, 4) is 5.75 Å². The number of amides is 1. The van der Waals surface area contributed by atoms with Gasteiger partial charge < -0.3 is 9.30 Å². The molecule has 1 amide bonds. The molecule has 7 nitrogen and oxygen atoms in total. The third-order valence-electron chi connectivity index (χ3n) is 5.09. The Morgan fingerprint density at radius 2 is 1.82 bits per heavy atom. The van der Waals surface area contributed by atoms with Gasteiger partial charge in [-0.25, -0.2) is 8.42 Å². The van der Waals surface area contributed by atoms with Crippen LogP contribution in [0.15, 0.2) is 76.6 Å². The number of hydrogen-bond donors (Lipinski definition) is 1. The molecule has 33 heavy (non-hydrogen) atoms. The van der Waals surface area contributed by atoms with E-state index < -0.39 is 15.9 Å². The van der Waals surface area contributed by atoms with Crippen LogP contribution in [0.5, 0.6) is 5.75 Å². The molecule has 0 saturated carbocycles. The summed E-state index contributed by atoms with van der Waals surface area (Å²) >= 11 is 1.40. The SMILES string of the molecule is CCn1c(=NC(=O)c2cccc(NS(=O)(=O)c3ccc(C)cc3)c2)sc2cccc(OC)c21. The summed E-state index contributed by atoms with van der Waals surface area (Å²) in [7, 11) is -2.17. The zero-order chi connectivity index (χ0) is 23.6. The molecule has 1 N–H and O–H groups in total. The highest BCUT2D eigenvalue weighted by Gasteiger charge is 2.16. The molecule has 3 aromatic carbocycles. The third-order valence-corrected chi connectivity index (χ3v) is 7.53. The van der Waals surface area contributed by atoms with Crippen LogP contribution in [-0.2, 0) is 16.6 Å². The lowest BCUT2D eigenvalue weighted by Crippen LogP contribution is -2.16. The second kappa shape index (κ2) is 9.21. The monoisotopic (exact) mass is 481 g/mol. The number of methoxy groups -OCH3 is 1. The first kappa shape index (κ1) is 22.8. The Morgan fingerprint density at radius 1 is 1.09 bits per heavy atom. The molecule has 0 aliphatic carbocycles. The summed E-state index contributed by atoms with van der Waals surface area (Å²) in [4.78, 5) is 18.0. The summed E-state index contributed by atoms with van der Waals surface area (Å²) in [6.07, 6.45) is 0. The lowest BCUT2D eigenvalue weighted by molar-refractivity contribution is 0.0998. The van der Waals surface area contributed by atoms with Crippen molar-refractivity contribution in [2.24, 2.45) is 4.99 Å². The average molecular weight is 482 g/mol. The van der Waals surface area contributed by atoms with Crippen LogP contribution in [0.2, 0.25) is 0 Å². The van der Waals surface area contributed by atoms with E-state index in [1.165, 1.54) is 17.4 Å². The number of ether oxygens (including phenoxy) is 1. The van der Waals surface area contributed by atoms with Crippen molar-refractivity contribution >= 4 is 43.2 Å². The van der Waals surface area contributed by atoms with Crippen LogP contribution in [0.4, 0.5) is 5.69 Å². The molecule has 0 aliphatic rings. The standard InChI is InChI=1S/C24H23N3O4S2/c1-4-27-22-20(31-3)9-6-10-21(22)32-24(27)25-23(28)17-7-5-8-18(15-17)26-33(29,30)19-13-11-16(2)12-14-19/h5-15,26H,4H2,1-3H3. The molecule has 0 radical (unpaired) electrons. The van der Waals surface area contributed by atoms with Crippen LogP contribution < -0.4 is 14.3 Å². The van der Waals surface area contributed by atoms with E-state index in [4.69, 9.17) is 4.74 Å². The molecule has 170 valence electrons. The van der Waals surface area contributed by atoms with Crippen molar-refractivity contribution in [3.63, 3.8) is 0 Å². The molecule has 0 bridgehead atoms.